The highest BCUT2D eigenvalue weighted by Gasteiger charge is 2.33. The number of nitrogens with two attached hydrogens (primary N) is 1. The summed E-state index contributed by atoms with van der Waals surface area (Å²) in [5.41, 5.74) is 3.78. The molecule has 1 aromatic carbocycles. The molecule has 112 valence electrons. The molecule has 0 saturated heterocycles. The van der Waals surface area contributed by atoms with Crippen LogP contribution in [0.25, 0.3) is 0 Å². The lowest BCUT2D eigenvalue weighted by atomic mass is 9.93. The number of alkyl halides is 3. The standard InChI is InChI=1S/C13H16ClF3N2O/c1-3-12(18,4-2)11(20)19-10-7-8(13(15,16)17)5-6-9(10)14/h5-7H,3-4,18H2,1-2H3,(H,19,20). The van der Waals surface area contributed by atoms with Gasteiger partial charge in [-0.1, -0.05) is 25.4 Å². The van der Waals surface area contributed by atoms with Crippen molar-refractivity contribution in [3.63, 3.8) is 0 Å². The Kier molecular flexibility index (Phi) is 5.05. The molecular weight excluding hydrogens is 293 g/mol. The van der Waals surface area contributed by atoms with Crippen molar-refractivity contribution in [2.45, 2.75) is 38.4 Å². The molecule has 0 aliphatic carbocycles. The first kappa shape index (κ1) is 16.8. The van der Waals surface area contributed by atoms with Gasteiger partial charge in [0.1, 0.15) is 0 Å². The normalized spacial score (nSPS) is 12.3. The Morgan fingerprint density at radius 2 is 1.85 bits per heavy atom. The molecule has 0 saturated carbocycles. The second-order valence-electron chi connectivity index (χ2n) is 4.51. The van der Waals surface area contributed by atoms with Crippen molar-refractivity contribution in [1.82, 2.24) is 0 Å². The van der Waals surface area contributed by atoms with E-state index in [1.54, 1.807) is 13.8 Å². The lowest BCUT2D eigenvalue weighted by molar-refractivity contribution is -0.137. The predicted molar refractivity (Wildman–Crippen MR) is 72.6 cm³/mol. The second-order valence-corrected chi connectivity index (χ2v) is 4.92. The molecule has 0 aliphatic rings. The molecule has 20 heavy (non-hydrogen) atoms. The van der Waals surface area contributed by atoms with Gasteiger partial charge in [0.05, 0.1) is 21.8 Å². The number of hydrogen-bond donors (Lipinski definition) is 2. The molecular formula is C13H16ClF3N2O. The molecule has 3 nitrogen and oxygen atoms in total. The molecule has 3 N–H and O–H groups in total. The number of hydrogen-bond acceptors (Lipinski definition) is 2. The molecule has 7 heteroatoms. The Morgan fingerprint density at radius 3 is 2.30 bits per heavy atom. The van der Waals surface area contributed by atoms with Gasteiger partial charge in [-0.05, 0) is 31.0 Å². The van der Waals surface area contributed by atoms with Gasteiger partial charge in [-0.15, -0.1) is 0 Å². The zero-order chi connectivity index (χ0) is 15.6. The quantitative estimate of drug-likeness (QED) is 0.888. The molecule has 0 atom stereocenters. The molecule has 0 heterocycles. The van der Waals surface area contributed by atoms with Crippen molar-refractivity contribution in [2.75, 3.05) is 5.32 Å². The van der Waals surface area contributed by atoms with Crippen molar-refractivity contribution >= 4 is 23.2 Å². The average molecular weight is 309 g/mol. The molecule has 0 bridgehead atoms. The van der Waals surface area contributed by atoms with Crippen LogP contribution in [0.15, 0.2) is 18.2 Å². The van der Waals surface area contributed by atoms with E-state index in [1.807, 2.05) is 0 Å². The number of halogens is 4. The minimum absolute atomic E-state index is 0.0286. The Morgan fingerprint density at radius 1 is 1.30 bits per heavy atom. The van der Waals surface area contributed by atoms with Gasteiger partial charge >= 0.3 is 6.18 Å². The van der Waals surface area contributed by atoms with Crippen molar-refractivity contribution in [3.05, 3.63) is 28.8 Å². The summed E-state index contributed by atoms with van der Waals surface area (Å²) >= 11 is 5.80. The van der Waals surface area contributed by atoms with Crippen molar-refractivity contribution in [3.8, 4) is 0 Å². The van der Waals surface area contributed by atoms with E-state index >= 15 is 0 Å². The summed E-state index contributed by atoms with van der Waals surface area (Å²) in [6.07, 6.45) is -3.77. The van der Waals surface area contributed by atoms with Crippen LogP contribution in [0.4, 0.5) is 18.9 Å². The summed E-state index contributed by atoms with van der Waals surface area (Å²) in [6, 6.07) is 2.75. The molecule has 0 radical (unpaired) electrons. The Hall–Kier alpha value is -1.27. The summed E-state index contributed by atoms with van der Waals surface area (Å²) < 4.78 is 37.9. The van der Waals surface area contributed by atoms with E-state index < -0.39 is 23.2 Å². The maximum Gasteiger partial charge on any atom is 0.416 e. The predicted octanol–water partition coefficient (Wildman–Crippen LogP) is 3.81. The first-order valence-corrected chi connectivity index (χ1v) is 6.49. The van der Waals surface area contributed by atoms with Crippen molar-refractivity contribution in [2.24, 2.45) is 5.73 Å². The zero-order valence-electron chi connectivity index (χ0n) is 11.1. The van der Waals surface area contributed by atoms with Gasteiger partial charge in [-0.3, -0.25) is 4.79 Å². The third-order valence-corrected chi connectivity index (χ3v) is 3.59. The maximum absolute atomic E-state index is 12.6. The fraction of sp³-hybridized carbons (Fsp3) is 0.462. The van der Waals surface area contributed by atoms with E-state index in [9.17, 15) is 18.0 Å². The summed E-state index contributed by atoms with van der Waals surface area (Å²) in [5, 5.41) is 2.40. The number of carbonyl (C=O) groups is 1. The van der Waals surface area contributed by atoms with Crippen molar-refractivity contribution in [1.29, 1.82) is 0 Å². The molecule has 1 amide bonds. The third-order valence-electron chi connectivity index (χ3n) is 3.26. The number of rotatable bonds is 4. The second kappa shape index (κ2) is 6.01. The fourth-order valence-electron chi connectivity index (χ4n) is 1.62. The summed E-state index contributed by atoms with van der Waals surface area (Å²) in [5.74, 6) is -0.552. The smallest absolute Gasteiger partial charge is 0.323 e. The summed E-state index contributed by atoms with van der Waals surface area (Å²) in [6.45, 7) is 3.47. The SMILES string of the molecule is CCC(N)(CC)C(=O)Nc1cc(C(F)(F)F)ccc1Cl. The lowest BCUT2D eigenvalue weighted by Crippen LogP contribution is -2.50. The van der Waals surface area contributed by atoms with E-state index in [1.165, 1.54) is 0 Å². The minimum Gasteiger partial charge on any atom is -0.323 e. The average Bonchev–Trinajstić information content (AvgIpc) is 2.38. The van der Waals surface area contributed by atoms with Crippen LogP contribution in [0.3, 0.4) is 0 Å². The van der Waals surface area contributed by atoms with Gasteiger partial charge in [-0.25, -0.2) is 0 Å². The molecule has 1 rings (SSSR count). The number of amides is 1. The van der Waals surface area contributed by atoms with Gasteiger partial charge < -0.3 is 11.1 Å². The highest BCUT2D eigenvalue weighted by Crippen LogP contribution is 2.34. The largest absolute Gasteiger partial charge is 0.416 e. The molecule has 0 aromatic heterocycles. The van der Waals surface area contributed by atoms with Crippen LogP contribution in [0.5, 0.6) is 0 Å². The molecule has 0 unspecified atom stereocenters. The van der Waals surface area contributed by atoms with Gasteiger partial charge in [0.15, 0.2) is 0 Å². The van der Waals surface area contributed by atoms with E-state index in [2.05, 4.69) is 5.32 Å². The van der Waals surface area contributed by atoms with Crippen LogP contribution in [-0.2, 0) is 11.0 Å². The highest BCUT2D eigenvalue weighted by atomic mass is 35.5. The zero-order valence-corrected chi connectivity index (χ0v) is 11.9. The minimum atomic E-state index is -4.50. The highest BCUT2D eigenvalue weighted by molar-refractivity contribution is 6.33. The number of nitrogens with one attached hydrogen (secondary N) is 1. The summed E-state index contributed by atoms with van der Waals surface area (Å²) in [4.78, 5) is 12.0. The van der Waals surface area contributed by atoms with Gasteiger partial charge in [0.25, 0.3) is 0 Å². The topological polar surface area (TPSA) is 55.1 Å². The molecule has 1 aromatic rings. The monoisotopic (exact) mass is 308 g/mol. The number of benzene rings is 1. The lowest BCUT2D eigenvalue weighted by Gasteiger charge is -2.25. The summed E-state index contributed by atoms with van der Waals surface area (Å²) in [7, 11) is 0. The first-order valence-electron chi connectivity index (χ1n) is 6.11. The van der Waals surface area contributed by atoms with E-state index in [0.29, 0.717) is 12.8 Å². The third kappa shape index (κ3) is 3.64. The van der Waals surface area contributed by atoms with Gasteiger partial charge in [0, 0.05) is 0 Å². The molecule has 0 aliphatic heterocycles. The van der Waals surface area contributed by atoms with Crippen LogP contribution in [0, 0.1) is 0 Å². The van der Waals surface area contributed by atoms with Gasteiger partial charge in [0.2, 0.25) is 5.91 Å². The maximum atomic E-state index is 12.6. The Labute approximate surface area is 120 Å². The van der Waals surface area contributed by atoms with E-state index in [0.717, 1.165) is 18.2 Å². The Bertz CT molecular complexity index is 499. The van der Waals surface area contributed by atoms with Crippen LogP contribution in [0.1, 0.15) is 32.3 Å². The van der Waals surface area contributed by atoms with E-state index in [4.69, 9.17) is 17.3 Å². The van der Waals surface area contributed by atoms with Crippen LogP contribution in [0.2, 0.25) is 5.02 Å². The van der Waals surface area contributed by atoms with Crippen LogP contribution < -0.4 is 11.1 Å². The van der Waals surface area contributed by atoms with E-state index in [-0.39, 0.29) is 10.7 Å². The van der Waals surface area contributed by atoms with Crippen LogP contribution in [-0.4, -0.2) is 11.4 Å². The molecule has 0 spiro atoms. The number of carbonyl (C=O) groups excluding carboxylic acids is 1. The Balaban J connectivity index is 3.06. The van der Waals surface area contributed by atoms with Crippen molar-refractivity contribution < 1.29 is 18.0 Å². The fourth-order valence-corrected chi connectivity index (χ4v) is 1.78. The number of anilines is 1. The first-order chi connectivity index (χ1) is 9.14. The van der Waals surface area contributed by atoms with Crippen LogP contribution >= 0.6 is 11.6 Å². The van der Waals surface area contributed by atoms with Gasteiger partial charge in [-0.2, -0.15) is 13.2 Å². The molecule has 0 fully saturated rings.